The van der Waals surface area contributed by atoms with Crippen molar-refractivity contribution in [2.75, 3.05) is 20.0 Å². The van der Waals surface area contributed by atoms with E-state index < -0.39 is 0 Å². The van der Waals surface area contributed by atoms with Crippen LogP contribution in [0.4, 0.5) is 0 Å². The molecule has 0 saturated heterocycles. The Morgan fingerprint density at radius 1 is 0.737 bits per heavy atom. The molecule has 0 atom stereocenters. The Hall–Kier alpha value is -1.61. The maximum Gasteiger partial charge on any atom is 0.160 e. The van der Waals surface area contributed by atoms with Gasteiger partial charge in [-0.2, -0.15) is 0 Å². The van der Waals surface area contributed by atoms with Gasteiger partial charge < -0.3 is 9.47 Å². The Balaban J connectivity index is 2.26. The van der Waals surface area contributed by atoms with Crippen molar-refractivity contribution in [2.45, 2.75) is 16.7 Å². The summed E-state index contributed by atoms with van der Waals surface area (Å²) < 4.78 is 10.4. The molecule has 0 aliphatic rings. The minimum Gasteiger partial charge on any atom is -0.497 e. The van der Waals surface area contributed by atoms with Crippen LogP contribution in [0, 0.1) is 0 Å². The fourth-order valence-electron chi connectivity index (χ4n) is 1.95. The molecule has 0 N–H and O–H groups in total. The summed E-state index contributed by atoms with van der Waals surface area (Å²) in [5.41, 5.74) is 0. The van der Waals surface area contributed by atoms with E-state index in [1.54, 1.807) is 14.2 Å². The van der Waals surface area contributed by atoms with Gasteiger partial charge in [0.2, 0.25) is 0 Å². The van der Waals surface area contributed by atoms with Gasteiger partial charge in [0.25, 0.3) is 0 Å². The molecule has 2 aromatic carbocycles. The second kappa shape index (κ2) is 6.53. The second-order valence-electron chi connectivity index (χ2n) is 4.03. The van der Waals surface area contributed by atoms with Crippen LogP contribution in [0.2, 0.25) is 0 Å². The minimum absolute atomic E-state index is 0.110. The number of hydrogen-bond acceptors (Lipinski definition) is 2. The highest BCUT2D eigenvalue weighted by molar-refractivity contribution is 7.97. The van der Waals surface area contributed by atoms with E-state index in [1.165, 1.54) is 9.79 Å². The number of rotatable bonds is 5. The smallest absolute Gasteiger partial charge is 0.160 e. The second-order valence-corrected chi connectivity index (χ2v) is 6.33. The molecule has 3 heteroatoms. The minimum atomic E-state index is 0.110. The van der Waals surface area contributed by atoms with Gasteiger partial charge in [-0.1, -0.05) is 0 Å². The van der Waals surface area contributed by atoms with E-state index in [2.05, 4.69) is 31.2 Å². The fourth-order valence-corrected chi connectivity index (χ4v) is 3.82. The predicted octanol–water partition coefficient (Wildman–Crippen LogP) is 3.76. The largest absolute Gasteiger partial charge is 0.497 e. The van der Waals surface area contributed by atoms with Gasteiger partial charge in [0, 0.05) is 0 Å². The van der Waals surface area contributed by atoms with E-state index in [1.807, 2.05) is 24.3 Å². The first-order chi connectivity index (χ1) is 9.28. The van der Waals surface area contributed by atoms with Crippen LogP contribution in [-0.2, 0) is 10.9 Å². The summed E-state index contributed by atoms with van der Waals surface area (Å²) in [4.78, 5) is 2.68. The van der Waals surface area contributed by atoms with E-state index >= 15 is 0 Å². The summed E-state index contributed by atoms with van der Waals surface area (Å²) in [5.74, 6) is 2.90. The molecule has 0 aliphatic heterocycles. The van der Waals surface area contributed by atoms with Crippen molar-refractivity contribution < 1.29 is 9.47 Å². The molecule has 0 spiro atoms. The zero-order valence-electron chi connectivity index (χ0n) is 11.6. The SMILES string of the molecule is CC[S+](c1ccc(OC)cc1)c1ccc(OC)cc1. The summed E-state index contributed by atoms with van der Waals surface area (Å²) >= 11 is 0. The van der Waals surface area contributed by atoms with E-state index in [0.717, 1.165) is 17.3 Å². The number of benzene rings is 2. The van der Waals surface area contributed by atoms with E-state index in [-0.39, 0.29) is 10.9 Å². The lowest BCUT2D eigenvalue weighted by Crippen LogP contribution is -2.06. The molecule has 0 unspecified atom stereocenters. The Kier molecular flexibility index (Phi) is 4.74. The van der Waals surface area contributed by atoms with Crippen molar-refractivity contribution in [1.29, 1.82) is 0 Å². The van der Waals surface area contributed by atoms with Gasteiger partial charge in [0.15, 0.2) is 9.79 Å². The van der Waals surface area contributed by atoms with Gasteiger partial charge in [-0.25, -0.2) is 0 Å². The highest BCUT2D eigenvalue weighted by atomic mass is 32.2. The summed E-state index contributed by atoms with van der Waals surface area (Å²) in [5, 5.41) is 0. The van der Waals surface area contributed by atoms with Crippen molar-refractivity contribution in [3.63, 3.8) is 0 Å². The number of methoxy groups -OCH3 is 2. The standard InChI is InChI=1S/C16H19O2S/c1-4-19(15-9-5-13(17-2)6-10-15)16-11-7-14(18-3)8-12-16/h5-12H,4H2,1-3H3/q+1. The molecule has 0 radical (unpaired) electrons. The lowest BCUT2D eigenvalue weighted by atomic mass is 10.3. The van der Waals surface area contributed by atoms with Gasteiger partial charge in [0.05, 0.1) is 25.1 Å². The molecule has 0 fully saturated rings. The van der Waals surface area contributed by atoms with Crippen LogP contribution in [0.1, 0.15) is 6.92 Å². The summed E-state index contributed by atoms with van der Waals surface area (Å²) in [6, 6.07) is 16.7. The first kappa shape index (κ1) is 13.8. The zero-order chi connectivity index (χ0) is 13.7. The van der Waals surface area contributed by atoms with Crippen LogP contribution in [0.5, 0.6) is 11.5 Å². The predicted molar refractivity (Wildman–Crippen MR) is 80.4 cm³/mol. The summed E-state index contributed by atoms with van der Waals surface area (Å²) in [6.45, 7) is 2.22. The average molecular weight is 275 g/mol. The van der Waals surface area contributed by atoms with Crippen LogP contribution >= 0.6 is 0 Å². The van der Waals surface area contributed by atoms with Crippen LogP contribution in [0.3, 0.4) is 0 Å². The zero-order valence-corrected chi connectivity index (χ0v) is 12.4. The third-order valence-electron chi connectivity index (χ3n) is 2.98. The maximum absolute atomic E-state index is 5.21. The third kappa shape index (κ3) is 3.24. The van der Waals surface area contributed by atoms with E-state index in [9.17, 15) is 0 Å². The molecule has 0 aliphatic carbocycles. The maximum atomic E-state index is 5.21. The molecular formula is C16H19O2S+. The van der Waals surface area contributed by atoms with Crippen molar-refractivity contribution >= 4 is 10.9 Å². The molecular weight excluding hydrogens is 256 g/mol. The van der Waals surface area contributed by atoms with Gasteiger partial charge in [-0.05, 0) is 55.5 Å². The third-order valence-corrected chi connectivity index (χ3v) is 5.24. The van der Waals surface area contributed by atoms with Gasteiger partial charge >= 0.3 is 0 Å². The van der Waals surface area contributed by atoms with Crippen molar-refractivity contribution in [3.05, 3.63) is 48.5 Å². The first-order valence-electron chi connectivity index (χ1n) is 6.27. The van der Waals surface area contributed by atoms with Crippen molar-refractivity contribution in [1.82, 2.24) is 0 Å². The highest BCUT2D eigenvalue weighted by Crippen LogP contribution is 2.26. The quantitative estimate of drug-likeness (QED) is 0.774. The van der Waals surface area contributed by atoms with Gasteiger partial charge in [-0.15, -0.1) is 0 Å². The molecule has 0 saturated carbocycles. The Morgan fingerprint density at radius 2 is 1.11 bits per heavy atom. The normalized spacial score (nSPS) is 10.5. The lowest BCUT2D eigenvalue weighted by molar-refractivity contribution is 0.414. The monoisotopic (exact) mass is 275 g/mol. The van der Waals surface area contributed by atoms with Crippen LogP contribution < -0.4 is 9.47 Å². The molecule has 0 aromatic heterocycles. The summed E-state index contributed by atoms with van der Waals surface area (Å²) in [6.07, 6.45) is 0. The highest BCUT2D eigenvalue weighted by Gasteiger charge is 2.22. The molecule has 2 rings (SSSR count). The molecule has 2 nitrogen and oxygen atoms in total. The lowest BCUT2D eigenvalue weighted by Gasteiger charge is -2.07. The average Bonchev–Trinajstić information content (AvgIpc) is 2.49. The van der Waals surface area contributed by atoms with Gasteiger partial charge in [0.1, 0.15) is 17.3 Å². The van der Waals surface area contributed by atoms with Crippen molar-refractivity contribution in [2.24, 2.45) is 0 Å². The van der Waals surface area contributed by atoms with Crippen LogP contribution in [0.25, 0.3) is 0 Å². The number of hydrogen-bond donors (Lipinski definition) is 0. The number of ether oxygens (including phenoxy) is 2. The molecule has 0 amide bonds. The molecule has 19 heavy (non-hydrogen) atoms. The summed E-state index contributed by atoms with van der Waals surface area (Å²) in [7, 11) is 3.50. The Morgan fingerprint density at radius 3 is 1.37 bits per heavy atom. The van der Waals surface area contributed by atoms with Gasteiger partial charge in [-0.3, -0.25) is 0 Å². The molecule has 0 heterocycles. The molecule has 0 bridgehead atoms. The Labute approximate surface area is 117 Å². The molecule has 2 aromatic rings. The van der Waals surface area contributed by atoms with Crippen molar-refractivity contribution in [3.8, 4) is 11.5 Å². The van der Waals surface area contributed by atoms with E-state index in [0.29, 0.717) is 0 Å². The first-order valence-corrected chi connectivity index (χ1v) is 7.67. The topological polar surface area (TPSA) is 18.5 Å². The Bertz CT molecular complexity index is 458. The van der Waals surface area contributed by atoms with E-state index in [4.69, 9.17) is 9.47 Å². The molecule has 100 valence electrons. The van der Waals surface area contributed by atoms with Crippen LogP contribution in [0.15, 0.2) is 58.3 Å². The van der Waals surface area contributed by atoms with Crippen LogP contribution in [-0.4, -0.2) is 20.0 Å². The fraction of sp³-hybridized carbons (Fsp3) is 0.250.